The second-order valence-electron chi connectivity index (χ2n) is 3.59. The Morgan fingerprint density at radius 3 is 2.59 bits per heavy atom. The molecular formula is C10H14N6S. The summed E-state index contributed by atoms with van der Waals surface area (Å²) in [5.41, 5.74) is 4.83. The number of aromatic nitrogens is 3. The van der Waals surface area contributed by atoms with Crippen LogP contribution in [0.3, 0.4) is 0 Å². The number of nitrogens with two attached hydrogens (primary N) is 2. The lowest BCUT2D eigenvalue weighted by atomic mass is 10.2. The Labute approximate surface area is 103 Å². The average Bonchev–Trinajstić information content (AvgIpc) is 2.69. The summed E-state index contributed by atoms with van der Waals surface area (Å²) in [6, 6.07) is 8.33. The summed E-state index contributed by atoms with van der Waals surface area (Å²) in [5, 5.41) is 8.34. The van der Waals surface area contributed by atoms with Crippen LogP contribution >= 0.6 is 11.8 Å². The van der Waals surface area contributed by atoms with Crippen LogP contribution in [0.2, 0.25) is 0 Å². The molecule has 0 spiro atoms. The molecule has 17 heavy (non-hydrogen) atoms. The maximum Gasteiger partial charge on any atom is 0.258 e. The number of thioether (sulfide) groups is 1. The third-order valence-corrected chi connectivity index (χ3v) is 3.30. The Balaban J connectivity index is 2.02. The number of hydrogen-bond donors (Lipinski definition) is 3. The summed E-state index contributed by atoms with van der Waals surface area (Å²) in [4.78, 5) is 0. The van der Waals surface area contributed by atoms with Crippen LogP contribution in [0.5, 0.6) is 0 Å². The zero-order chi connectivity index (χ0) is 12.3. The van der Waals surface area contributed by atoms with E-state index in [1.807, 2.05) is 0 Å². The van der Waals surface area contributed by atoms with Crippen LogP contribution in [0.1, 0.15) is 11.1 Å². The van der Waals surface area contributed by atoms with E-state index in [1.54, 1.807) is 0 Å². The molecule has 0 amide bonds. The van der Waals surface area contributed by atoms with E-state index in [4.69, 9.17) is 11.7 Å². The van der Waals surface area contributed by atoms with Crippen molar-refractivity contribution >= 4 is 17.7 Å². The maximum absolute atomic E-state index is 5.73. The molecule has 7 heteroatoms. The molecule has 0 aliphatic heterocycles. The maximum atomic E-state index is 5.73. The van der Waals surface area contributed by atoms with Gasteiger partial charge in [0.1, 0.15) is 0 Å². The topological polar surface area (TPSA) is 94.8 Å². The third-order valence-electron chi connectivity index (χ3n) is 2.28. The van der Waals surface area contributed by atoms with Crippen molar-refractivity contribution < 1.29 is 0 Å². The highest BCUT2D eigenvalue weighted by atomic mass is 32.2. The molecule has 5 N–H and O–H groups in total. The van der Waals surface area contributed by atoms with Crippen molar-refractivity contribution in [3.63, 3.8) is 0 Å². The normalized spacial score (nSPS) is 10.5. The predicted octanol–water partition coefficient (Wildman–Crippen LogP) is 0.878. The minimum absolute atomic E-state index is 0.344. The molecule has 2 aromatic rings. The van der Waals surface area contributed by atoms with Crippen molar-refractivity contribution in [1.82, 2.24) is 14.9 Å². The van der Waals surface area contributed by atoms with Gasteiger partial charge < -0.3 is 5.84 Å². The van der Waals surface area contributed by atoms with Gasteiger partial charge in [-0.05, 0) is 12.5 Å². The van der Waals surface area contributed by atoms with E-state index in [0.29, 0.717) is 11.1 Å². The number of nitrogens with one attached hydrogen (secondary N) is 1. The van der Waals surface area contributed by atoms with Crippen LogP contribution in [-0.4, -0.2) is 14.9 Å². The van der Waals surface area contributed by atoms with Gasteiger partial charge in [0.05, 0.1) is 0 Å². The number of hydrogen-bond acceptors (Lipinski definition) is 6. The van der Waals surface area contributed by atoms with Crippen molar-refractivity contribution in [3.8, 4) is 0 Å². The monoisotopic (exact) mass is 250 g/mol. The number of rotatable bonds is 4. The number of benzene rings is 1. The van der Waals surface area contributed by atoms with Gasteiger partial charge in [-0.15, -0.1) is 10.2 Å². The second-order valence-corrected chi connectivity index (χ2v) is 4.54. The van der Waals surface area contributed by atoms with Crippen LogP contribution in [-0.2, 0) is 5.75 Å². The highest BCUT2D eigenvalue weighted by Gasteiger charge is 2.08. The smallest absolute Gasteiger partial charge is 0.258 e. The van der Waals surface area contributed by atoms with Gasteiger partial charge in [-0.2, -0.15) is 0 Å². The molecule has 0 saturated carbocycles. The molecule has 0 bridgehead atoms. The van der Waals surface area contributed by atoms with Crippen LogP contribution in [0.4, 0.5) is 5.95 Å². The predicted molar refractivity (Wildman–Crippen MR) is 68.7 cm³/mol. The first-order valence-electron chi connectivity index (χ1n) is 5.06. The lowest BCUT2D eigenvalue weighted by molar-refractivity contribution is 0.846. The summed E-state index contributed by atoms with van der Waals surface area (Å²) in [6.07, 6.45) is 0. The van der Waals surface area contributed by atoms with Crippen molar-refractivity contribution in [2.45, 2.75) is 17.8 Å². The Morgan fingerprint density at radius 2 is 2.00 bits per heavy atom. The van der Waals surface area contributed by atoms with E-state index >= 15 is 0 Å². The molecule has 0 aliphatic rings. The van der Waals surface area contributed by atoms with E-state index in [0.717, 1.165) is 5.75 Å². The fourth-order valence-electron chi connectivity index (χ4n) is 1.31. The van der Waals surface area contributed by atoms with Crippen molar-refractivity contribution in [2.24, 2.45) is 5.84 Å². The lowest BCUT2D eigenvalue weighted by Gasteiger charge is -2.03. The number of hydrazine groups is 1. The van der Waals surface area contributed by atoms with E-state index in [9.17, 15) is 0 Å². The first kappa shape index (κ1) is 11.7. The van der Waals surface area contributed by atoms with Gasteiger partial charge in [-0.25, -0.2) is 10.5 Å². The molecule has 0 fully saturated rings. The number of nitrogen functional groups attached to an aromatic ring is 2. The largest absolute Gasteiger partial charge is 0.334 e. The van der Waals surface area contributed by atoms with Gasteiger partial charge in [0.15, 0.2) is 0 Å². The van der Waals surface area contributed by atoms with E-state index in [2.05, 4.69) is 46.8 Å². The molecule has 1 aromatic carbocycles. The minimum atomic E-state index is 0.344. The molecule has 90 valence electrons. The standard InChI is InChI=1S/C10H14N6S/c1-7-2-4-8(5-3-7)6-17-10-15-14-9(13-11)16(10)12/h2-5H,6,11-12H2,1H3,(H,13,14). The number of anilines is 1. The van der Waals surface area contributed by atoms with Gasteiger partial charge in [-0.3, -0.25) is 5.43 Å². The Hall–Kier alpha value is -1.73. The quantitative estimate of drug-likeness (QED) is 0.423. The lowest BCUT2D eigenvalue weighted by Crippen LogP contribution is -2.18. The highest BCUT2D eigenvalue weighted by Crippen LogP contribution is 2.21. The van der Waals surface area contributed by atoms with Gasteiger partial charge in [0.25, 0.3) is 5.95 Å². The molecule has 0 aliphatic carbocycles. The summed E-state index contributed by atoms with van der Waals surface area (Å²) >= 11 is 1.51. The van der Waals surface area contributed by atoms with Crippen molar-refractivity contribution in [1.29, 1.82) is 0 Å². The van der Waals surface area contributed by atoms with E-state index < -0.39 is 0 Å². The fourth-order valence-corrected chi connectivity index (χ4v) is 2.12. The minimum Gasteiger partial charge on any atom is -0.334 e. The molecule has 0 unspecified atom stereocenters. The summed E-state index contributed by atoms with van der Waals surface area (Å²) < 4.78 is 1.33. The zero-order valence-electron chi connectivity index (χ0n) is 9.42. The first-order valence-corrected chi connectivity index (χ1v) is 6.04. The van der Waals surface area contributed by atoms with Gasteiger partial charge >= 0.3 is 0 Å². The number of nitrogens with zero attached hydrogens (tertiary/aromatic N) is 3. The van der Waals surface area contributed by atoms with Crippen molar-refractivity contribution in [2.75, 3.05) is 11.3 Å². The van der Waals surface area contributed by atoms with E-state index in [-0.39, 0.29) is 0 Å². The molecule has 0 saturated heterocycles. The van der Waals surface area contributed by atoms with Gasteiger partial charge in [0, 0.05) is 5.75 Å². The highest BCUT2D eigenvalue weighted by molar-refractivity contribution is 7.98. The molecular weight excluding hydrogens is 236 g/mol. The summed E-state index contributed by atoms with van der Waals surface area (Å²) in [5.74, 6) is 12.1. The average molecular weight is 250 g/mol. The second kappa shape index (κ2) is 5.07. The van der Waals surface area contributed by atoms with Crippen LogP contribution in [0.15, 0.2) is 29.4 Å². The molecule has 1 aromatic heterocycles. The Kier molecular flexibility index (Phi) is 3.50. The SMILES string of the molecule is Cc1ccc(CSc2nnc(NN)n2N)cc1. The third kappa shape index (κ3) is 2.69. The molecule has 6 nitrogen and oxygen atoms in total. The zero-order valence-corrected chi connectivity index (χ0v) is 10.2. The van der Waals surface area contributed by atoms with Gasteiger partial charge in [-0.1, -0.05) is 41.6 Å². The summed E-state index contributed by atoms with van der Waals surface area (Å²) in [7, 11) is 0. The fraction of sp³-hybridized carbons (Fsp3) is 0.200. The van der Waals surface area contributed by atoms with Crippen LogP contribution in [0.25, 0.3) is 0 Å². The molecule has 0 atom stereocenters. The van der Waals surface area contributed by atoms with Crippen molar-refractivity contribution in [3.05, 3.63) is 35.4 Å². The molecule has 2 rings (SSSR count). The summed E-state index contributed by atoms with van der Waals surface area (Å²) in [6.45, 7) is 2.06. The van der Waals surface area contributed by atoms with Gasteiger partial charge in [0.2, 0.25) is 5.16 Å². The molecule has 1 heterocycles. The van der Waals surface area contributed by atoms with Crippen LogP contribution in [0, 0.1) is 6.92 Å². The first-order chi connectivity index (χ1) is 8.20. The molecule has 0 radical (unpaired) electrons. The van der Waals surface area contributed by atoms with Crippen LogP contribution < -0.4 is 17.1 Å². The Bertz CT molecular complexity index is 492. The Morgan fingerprint density at radius 1 is 1.29 bits per heavy atom. The van der Waals surface area contributed by atoms with E-state index in [1.165, 1.54) is 27.6 Å². The number of aryl methyl sites for hydroxylation is 1.